The van der Waals surface area contributed by atoms with E-state index in [1.165, 1.54) is 6.42 Å². The summed E-state index contributed by atoms with van der Waals surface area (Å²) in [4.78, 5) is 25.4. The second kappa shape index (κ2) is 5.94. The van der Waals surface area contributed by atoms with Gasteiger partial charge < -0.3 is 16.0 Å². The van der Waals surface area contributed by atoms with Crippen LogP contribution in [0.2, 0.25) is 0 Å². The van der Waals surface area contributed by atoms with Crippen LogP contribution in [0.4, 0.5) is 5.69 Å². The lowest BCUT2D eigenvalue weighted by Gasteiger charge is -2.17. The summed E-state index contributed by atoms with van der Waals surface area (Å²) in [6.45, 7) is 2.99. The normalized spacial score (nSPS) is 20.3. The highest BCUT2D eigenvalue weighted by Crippen LogP contribution is 2.37. The van der Waals surface area contributed by atoms with Gasteiger partial charge in [0.05, 0.1) is 6.54 Å². The van der Waals surface area contributed by atoms with Crippen LogP contribution in [0.15, 0.2) is 24.3 Å². The fourth-order valence-electron chi connectivity index (χ4n) is 2.13. The molecular weight excluding hydrogens is 254 g/mol. The second-order valence-corrected chi connectivity index (χ2v) is 5.55. The van der Waals surface area contributed by atoms with Gasteiger partial charge in [-0.2, -0.15) is 0 Å². The van der Waals surface area contributed by atoms with Gasteiger partial charge in [0.2, 0.25) is 5.91 Å². The highest BCUT2D eigenvalue weighted by molar-refractivity contribution is 5.96. The summed E-state index contributed by atoms with van der Waals surface area (Å²) in [5.41, 5.74) is 6.67. The minimum absolute atomic E-state index is 0.0286. The Balaban J connectivity index is 1.77. The third-order valence-corrected chi connectivity index (χ3v) is 3.78. The zero-order valence-corrected chi connectivity index (χ0v) is 11.9. The highest BCUT2D eigenvalue weighted by Gasteiger charge is 2.34. The third-order valence-electron chi connectivity index (χ3n) is 3.78. The lowest BCUT2D eigenvalue weighted by Crippen LogP contribution is -2.39. The Hall–Kier alpha value is -2.04. The van der Waals surface area contributed by atoms with Crippen molar-refractivity contribution in [1.82, 2.24) is 10.2 Å². The molecule has 0 bridgehead atoms. The molecule has 0 radical (unpaired) electrons. The molecule has 0 heterocycles. The van der Waals surface area contributed by atoms with E-state index >= 15 is 0 Å². The zero-order valence-electron chi connectivity index (χ0n) is 11.9. The van der Waals surface area contributed by atoms with Crippen LogP contribution >= 0.6 is 0 Å². The maximum atomic E-state index is 11.9. The fourth-order valence-corrected chi connectivity index (χ4v) is 2.13. The minimum atomic E-state index is -0.258. The molecular formula is C15H21N3O2. The van der Waals surface area contributed by atoms with Crippen molar-refractivity contribution in [2.75, 3.05) is 25.9 Å². The topological polar surface area (TPSA) is 75.4 Å². The summed E-state index contributed by atoms with van der Waals surface area (Å²) in [5.74, 6) is 1.02. The van der Waals surface area contributed by atoms with Crippen molar-refractivity contribution in [2.45, 2.75) is 13.3 Å². The molecule has 1 aromatic carbocycles. The second-order valence-electron chi connectivity index (χ2n) is 5.55. The average molecular weight is 275 g/mol. The van der Waals surface area contributed by atoms with Gasteiger partial charge in [0.1, 0.15) is 0 Å². The minimum Gasteiger partial charge on any atom is -0.399 e. The van der Waals surface area contributed by atoms with Crippen LogP contribution in [-0.4, -0.2) is 36.9 Å². The Labute approximate surface area is 119 Å². The van der Waals surface area contributed by atoms with Crippen LogP contribution in [-0.2, 0) is 4.79 Å². The number of nitrogens with one attached hydrogen (secondary N) is 1. The van der Waals surface area contributed by atoms with E-state index in [4.69, 9.17) is 5.73 Å². The lowest BCUT2D eigenvalue weighted by atomic mass is 10.2. The van der Waals surface area contributed by atoms with Gasteiger partial charge in [-0.1, -0.05) is 6.92 Å². The molecule has 1 aliphatic carbocycles. The number of anilines is 1. The van der Waals surface area contributed by atoms with E-state index in [1.807, 2.05) is 0 Å². The number of benzene rings is 1. The molecule has 5 heteroatoms. The number of hydrogen-bond donors (Lipinski definition) is 2. The van der Waals surface area contributed by atoms with E-state index in [2.05, 4.69) is 12.2 Å². The molecule has 1 fully saturated rings. The monoisotopic (exact) mass is 275 g/mol. The van der Waals surface area contributed by atoms with E-state index in [0.717, 1.165) is 12.5 Å². The zero-order chi connectivity index (χ0) is 14.7. The molecule has 0 spiro atoms. The number of nitrogens with zero attached hydrogens (tertiary/aromatic N) is 1. The van der Waals surface area contributed by atoms with Crippen LogP contribution in [0.5, 0.6) is 0 Å². The molecule has 0 aliphatic heterocycles. The molecule has 1 aromatic rings. The molecule has 1 saturated carbocycles. The Kier molecular flexibility index (Phi) is 4.27. The van der Waals surface area contributed by atoms with E-state index in [-0.39, 0.29) is 18.4 Å². The lowest BCUT2D eigenvalue weighted by molar-refractivity contribution is -0.129. The summed E-state index contributed by atoms with van der Waals surface area (Å²) < 4.78 is 0. The smallest absolute Gasteiger partial charge is 0.251 e. The summed E-state index contributed by atoms with van der Waals surface area (Å²) in [6.07, 6.45) is 1.19. The first kappa shape index (κ1) is 14.4. The maximum absolute atomic E-state index is 11.9. The van der Waals surface area contributed by atoms with Crippen molar-refractivity contribution >= 4 is 17.5 Å². The van der Waals surface area contributed by atoms with Crippen LogP contribution < -0.4 is 11.1 Å². The van der Waals surface area contributed by atoms with E-state index in [9.17, 15) is 9.59 Å². The molecule has 1 aliphatic rings. The maximum Gasteiger partial charge on any atom is 0.251 e. The molecule has 108 valence electrons. The predicted molar refractivity (Wildman–Crippen MR) is 78.1 cm³/mol. The number of carbonyl (C=O) groups is 2. The number of carbonyl (C=O) groups excluding carboxylic acids is 2. The first-order valence-corrected chi connectivity index (χ1v) is 6.85. The molecule has 3 N–H and O–H groups in total. The first-order valence-electron chi connectivity index (χ1n) is 6.85. The summed E-state index contributed by atoms with van der Waals surface area (Å²) in [7, 11) is 1.78. The number of nitrogen functional groups attached to an aromatic ring is 1. The Morgan fingerprint density at radius 3 is 2.50 bits per heavy atom. The molecule has 5 nitrogen and oxygen atoms in total. The molecule has 0 saturated heterocycles. The number of rotatable bonds is 5. The standard InChI is InChI=1S/C15H21N3O2/c1-10-7-12(10)9-18(2)14(19)8-17-15(20)11-3-5-13(16)6-4-11/h3-6,10,12H,7-9,16H2,1-2H3,(H,17,20). The van der Waals surface area contributed by atoms with Crippen molar-refractivity contribution < 1.29 is 9.59 Å². The number of nitrogens with two attached hydrogens (primary N) is 1. The van der Waals surface area contributed by atoms with Crippen molar-refractivity contribution in [3.8, 4) is 0 Å². The van der Waals surface area contributed by atoms with Crippen molar-refractivity contribution in [3.05, 3.63) is 29.8 Å². The van der Waals surface area contributed by atoms with Crippen molar-refractivity contribution in [1.29, 1.82) is 0 Å². The number of likely N-dealkylation sites (N-methyl/N-ethyl adjacent to an activating group) is 1. The van der Waals surface area contributed by atoms with E-state index in [1.54, 1.807) is 36.2 Å². The van der Waals surface area contributed by atoms with Crippen LogP contribution in [0.3, 0.4) is 0 Å². The van der Waals surface area contributed by atoms with Crippen LogP contribution in [0.25, 0.3) is 0 Å². The van der Waals surface area contributed by atoms with Gasteiger partial charge >= 0.3 is 0 Å². The Bertz CT molecular complexity index is 498. The van der Waals surface area contributed by atoms with Gasteiger partial charge in [0, 0.05) is 24.8 Å². The van der Waals surface area contributed by atoms with Crippen LogP contribution in [0.1, 0.15) is 23.7 Å². The number of hydrogen-bond acceptors (Lipinski definition) is 3. The van der Waals surface area contributed by atoms with Gasteiger partial charge in [0.15, 0.2) is 0 Å². The van der Waals surface area contributed by atoms with Gasteiger partial charge in [-0.3, -0.25) is 9.59 Å². The number of amides is 2. The van der Waals surface area contributed by atoms with E-state index in [0.29, 0.717) is 17.2 Å². The summed E-state index contributed by atoms with van der Waals surface area (Å²) in [6, 6.07) is 6.62. The third kappa shape index (κ3) is 3.73. The average Bonchev–Trinajstić information content (AvgIpc) is 3.11. The molecule has 2 unspecified atom stereocenters. The molecule has 20 heavy (non-hydrogen) atoms. The SMILES string of the molecule is CC1CC1CN(C)C(=O)CNC(=O)c1ccc(N)cc1. The molecule has 2 amide bonds. The molecule has 2 atom stereocenters. The molecule has 0 aromatic heterocycles. The first-order chi connectivity index (χ1) is 9.47. The summed E-state index contributed by atoms with van der Waals surface area (Å²) in [5, 5.41) is 2.63. The van der Waals surface area contributed by atoms with Crippen molar-refractivity contribution in [2.24, 2.45) is 11.8 Å². The van der Waals surface area contributed by atoms with Gasteiger partial charge in [-0.05, 0) is 42.5 Å². The van der Waals surface area contributed by atoms with E-state index < -0.39 is 0 Å². The predicted octanol–water partition coefficient (Wildman–Crippen LogP) is 1.11. The summed E-state index contributed by atoms with van der Waals surface area (Å²) >= 11 is 0. The Morgan fingerprint density at radius 2 is 1.95 bits per heavy atom. The largest absolute Gasteiger partial charge is 0.399 e. The highest BCUT2D eigenvalue weighted by atomic mass is 16.2. The van der Waals surface area contributed by atoms with Gasteiger partial charge in [0.25, 0.3) is 5.91 Å². The quantitative estimate of drug-likeness (QED) is 0.790. The van der Waals surface area contributed by atoms with Crippen LogP contribution in [0, 0.1) is 11.8 Å². The fraction of sp³-hybridized carbons (Fsp3) is 0.467. The van der Waals surface area contributed by atoms with Gasteiger partial charge in [-0.15, -0.1) is 0 Å². The Morgan fingerprint density at radius 1 is 1.35 bits per heavy atom. The van der Waals surface area contributed by atoms with Gasteiger partial charge in [-0.25, -0.2) is 0 Å². The van der Waals surface area contributed by atoms with Crippen molar-refractivity contribution in [3.63, 3.8) is 0 Å². The molecule has 2 rings (SSSR count).